The fourth-order valence-electron chi connectivity index (χ4n) is 2.33. The van der Waals surface area contributed by atoms with E-state index in [0.717, 1.165) is 34.0 Å². The van der Waals surface area contributed by atoms with E-state index in [4.69, 9.17) is 0 Å². The molecule has 0 saturated carbocycles. The van der Waals surface area contributed by atoms with Crippen LogP contribution in [0.5, 0.6) is 0 Å². The van der Waals surface area contributed by atoms with Gasteiger partial charge in [0.25, 0.3) is 0 Å². The highest BCUT2D eigenvalue weighted by Crippen LogP contribution is 2.30. The summed E-state index contributed by atoms with van der Waals surface area (Å²) in [6, 6.07) is 10.7. The summed E-state index contributed by atoms with van der Waals surface area (Å²) >= 11 is 3.32. The third kappa shape index (κ3) is 3.10. The van der Waals surface area contributed by atoms with E-state index in [1.54, 1.807) is 12.1 Å². The molecule has 0 aromatic heterocycles. The largest absolute Gasteiger partial charge is 0.384 e. The average molecular weight is 337 g/mol. The van der Waals surface area contributed by atoms with Crippen LogP contribution in [0, 0.1) is 5.82 Å². The number of halogens is 2. The van der Waals surface area contributed by atoms with E-state index < -0.39 is 6.10 Å². The normalized spacial score (nSPS) is 12.4. The lowest BCUT2D eigenvalue weighted by Gasteiger charge is -2.17. The van der Waals surface area contributed by atoms with E-state index in [-0.39, 0.29) is 5.82 Å². The van der Waals surface area contributed by atoms with Gasteiger partial charge in [0.2, 0.25) is 0 Å². The van der Waals surface area contributed by atoms with Crippen LogP contribution in [0.3, 0.4) is 0 Å². The Morgan fingerprint density at radius 2 is 1.80 bits per heavy atom. The minimum Gasteiger partial charge on any atom is -0.384 e. The van der Waals surface area contributed by atoms with Gasteiger partial charge >= 0.3 is 0 Å². The van der Waals surface area contributed by atoms with Gasteiger partial charge in [0.05, 0.1) is 0 Å². The van der Waals surface area contributed by atoms with Gasteiger partial charge in [-0.3, -0.25) is 0 Å². The monoisotopic (exact) mass is 336 g/mol. The van der Waals surface area contributed by atoms with E-state index in [1.165, 1.54) is 6.07 Å². The zero-order valence-corrected chi connectivity index (χ0v) is 13.2. The molecule has 0 aliphatic heterocycles. The Kier molecular flexibility index (Phi) is 4.95. The average Bonchev–Trinajstić information content (AvgIpc) is 2.48. The highest BCUT2D eigenvalue weighted by molar-refractivity contribution is 9.10. The maximum absolute atomic E-state index is 13.9. The van der Waals surface area contributed by atoms with Gasteiger partial charge in [0.1, 0.15) is 11.9 Å². The number of hydrogen-bond donors (Lipinski definition) is 1. The Labute approximate surface area is 127 Å². The van der Waals surface area contributed by atoms with Gasteiger partial charge in [-0.25, -0.2) is 4.39 Å². The molecule has 0 amide bonds. The molecule has 2 aromatic rings. The van der Waals surface area contributed by atoms with Gasteiger partial charge in [0, 0.05) is 10.0 Å². The fraction of sp³-hybridized carbons (Fsp3) is 0.294. The van der Waals surface area contributed by atoms with E-state index in [1.807, 2.05) is 19.1 Å². The molecule has 1 N–H and O–H groups in total. The zero-order valence-electron chi connectivity index (χ0n) is 11.7. The van der Waals surface area contributed by atoms with Crippen molar-refractivity contribution in [1.82, 2.24) is 0 Å². The van der Waals surface area contributed by atoms with Crippen LogP contribution in [0.1, 0.15) is 42.2 Å². The van der Waals surface area contributed by atoms with Crippen LogP contribution in [0.2, 0.25) is 0 Å². The summed E-state index contributed by atoms with van der Waals surface area (Å²) < 4.78 is 14.7. The van der Waals surface area contributed by atoms with Crippen molar-refractivity contribution in [2.45, 2.75) is 32.8 Å². The summed E-state index contributed by atoms with van der Waals surface area (Å²) in [5.41, 5.74) is 3.30. The van der Waals surface area contributed by atoms with Crippen LogP contribution in [0.25, 0.3) is 0 Å². The number of aliphatic hydroxyl groups is 1. The van der Waals surface area contributed by atoms with E-state index in [9.17, 15) is 9.50 Å². The molecule has 0 spiro atoms. The van der Waals surface area contributed by atoms with Gasteiger partial charge in [0.15, 0.2) is 0 Å². The predicted octanol–water partition coefficient (Wildman–Crippen LogP) is 4.79. The van der Waals surface area contributed by atoms with Crippen LogP contribution in [0.15, 0.2) is 40.9 Å². The molecule has 0 aliphatic rings. The molecule has 0 saturated heterocycles. The molecule has 1 atom stereocenters. The van der Waals surface area contributed by atoms with Gasteiger partial charge in [-0.15, -0.1) is 0 Å². The summed E-state index contributed by atoms with van der Waals surface area (Å²) in [4.78, 5) is 0. The molecule has 106 valence electrons. The molecule has 0 radical (unpaired) electrons. The molecule has 2 rings (SSSR count). The lowest BCUT2D eigenvalue weighted by Crippen LogP contribution is -2.06. The maximum atomic E-state index is 13.9. The van der Waals surface area contributed by atoms with Crippen molar-refractivity contribution >= 4 is 15.9 Å². The fourth-order valence-corrected chi connectivity index (χ4v) is 2.71. The molecule has 0 bridgehead atoms. The molecule has 0 heterocycles. The third-order valence-electron chi connectivity index (χ3n) is 3.55. The first-order chi connectivity index (χ1) is 9.56. The second-order valence-electron chi connectivity index (χ2n) is 4.81. The van der Waals surface area contributed by atoms with Gasteiger partial charge in [-0.1, -0.05) is 48.0 Å². The van der Waals surface area contributed by atoms with Crippen LogP contribution in [-0.2, 0) is 12.8 Å². The topological polar surface area (TPSA) is 20.2 Å². The van der Waals surface area contributed by atoms with Crippen molar-refractivity contribution in [3.8, 4) is 0 Å². The van der Waals surface area contributed by atoms with E-state index in [0.29, 0.717) is 5.56 Å². The molecule has 1 unspecified atom stereocenters. The van der Waals surface area contributed by atoms with Crippen LogP contribution in [-0.4, -0.2) is 5.11 Å². The highest BCUT2D eigenvalue weighted by atomic mass is 79.9. The van der Waals surface area contributed by atoms with Crippen LogP contribution < -0.4 is 0 Å². The summed E-state index contributed by atoms with van der Waals surface area (Å²) in [7, 11) is 0. The zero-order chi connectivity index (χ0) is 14.7. The Morgan fingerprint density at radius 3 is 2.45 bits per heavy atom. The summed E-state index contributed by atoms with van der Waals surface area (Å²) in [6.07, 6.45) is 0.769. The van der Waals surface area contributed by atoms with Crippen molar-refractivity contribution in [1.29, 1.82) is 0 Å². The lowest BCUT2D eigenvalue weighted by molar-refractivity contribution is 0.213. The molecule has 0 aliphatic carbocycles. The molecular formula is C17H18BrFO. The number of benzene rings is 2. The van der Waals surface area contributed by atoms with Crippen molar-refractivity contribution in [2.24, 2.45) is 0 Å². The molecule has 0 fully saturated rings. The lowest BCUT2D eigenvalue weighted by atomic mass is 9.93. The summed E-state index contributed by atoms with van der Waals surface area (Å²) in [6.45, 7) is 4.10. The number of aliphatic hydroxyl groups excluding tert-OH is 1. The summed E-state index contributed by atoms with van der Waals surface area (Å²) in [5.74, 6) is -0.385. The number of aryl methyl sites for hydroxylation is 2. The summed E-state index contributed by atoms with van der Waals surface area (Å²) in [5, 5.41) is 10.6. The van der Waals surface area contributed by atoms with E-state index in [2.05, 4.69) is 28.9 Å². The van der Waals surface area contributed by atoms with Crippen LogP contribution >= 0.6 is 15.9 Å². The van der Waals surface area contributed by atoms with Crippen molar-refractivity contribution in [3.63, 3.8) is 0 Å². The smallest absolute Gasteiger partial charge is 0.129 e. The van der Waals surface area contributed by atoms with Gasteiger partial charge < -0.3 is 5.11 Å². The Bertz CT molecular complexity index is 610. The first-order valence-electron chi connectivity index (χ1n) is 6.81. The molecule has 2 aromatic carbocycles. The minimum atomic E-state index is -0.936. The molecule has 3 heteroatoms. The van der Waals surface area contributed by atoms with Crippen LogP contribution in [0.4, 0.5) is 4.39 Å². The Morgan fingerprint density at radius 1 is 1.05 bits per heavy atom. The van der Waals surface area contributed by atoms with Gasteiger partial charge in [-0.2, -0.15) is 0 Å². The van der Waals surface area contributed by atoms with E-state index >= 15 is 0 Å². The minimum absolute atomic E-state index is 0.308. The maximum Gasteiger partial charge on any atom is 0.129 e. The number of hydrogen-bond acceptors (Lipinski definition) is 1. The Hall–Kier alpha value is -1.19. The Balaban J connectivity index is 2.51. The molecule has 20 heavy (non-hydrogen) atoms. The predicted molar refractivity (Wildman–Crippen MR) is 83.4 cm³/mol. The quantitative estimate of drug-likeness (QED) is 0.850. The number of rotatable bonds is 4. The second-order valence-corrected chi connectivity index (χ2v) is 5.72. The SMILES string of the molecule is CCc1ccc(CC)c(C(O)c2cc(Br)ccc2F)c1. The third-order valence-corrected chi connectivity index (χ3v) is 4.04. The second kappa shape index (κ2) is 6.51. The standard InChI is InChI=1S/C17H18BrFO/c1-3-11-5-6-12(4-2)14(9-11)17(20)15-10-13(18)7-8-16(15)19/h5-10,17,20H,3-4H2,1-2H3. The highest BCUT2D eigenvalue weighted by Gasteiger charge is 2.18. The van der Waals surface area contributed by atoms with Crippen molar-refractivity contribution < 1.29 is 9.50 Å². The van der Waals surface area contributed by atoms with Crippen molar-refractivity contribution in [3.05, 3.63) is 68.9 Å². The molecule has 1 nitrogen and oxygen atoms in total. The first-order valence-corrected chi connectivity index (χ1v) is 7.60. The van der Waals surface area contributed by atoms with Gasteiger partial charge in [-0.05, 0) is 47.7 Å². The first kappa shape index (κ1) is 15.2. The molecular weight excluding hydrogens is 319 g/mol. The van der Waals surface area contributed by atoms with Crippen molar-refractivity contribution in [2.75, 3.05) is 0 Å².